The summed E-state index contributed by atoms with van der Waals surface area (Å²) in [6, 6.07) is -0.665. The molecule has 9 heteroatoms. The van der Waals surface area contributed by atoms with Gasteiger partial charge in [0.05, 0.1) is 19.2 Å². The van der Waals surface area contributed by atoms with Crippen molar-refractivity contribution in [3.63, 3.8) is 0 Å². The van der Waals surface area contributed by atoms with Crippen LogP contribution in [0.4, 0.5) is 0 Å². The zero-order chi connectivity index (χ0) is 22.9. The molecule has 0 bridgehead atoms. The molecule has 0 aliphatic carbocycles. The Morgan fingerprint density at radius 3 is 2.57 bits per heavy atom. The lowest BCUT2D eigenvalue weighted by molar-refractivity contribution is -0.877. The van der Waals surface area contributed by atoms with E-state index in [1.54, 1.807) is 26.0 Å². The van der Waals surface area contributed by atoms with Crippen molar-refractivity contribution in [1.82, 2.24) is 0 Å². The molecule has 2 heterocycles. The Bertz CT molecular complexity index is 740. The van der Waals surface area contributed by atoms with Gasteiger partial charge in [0.1, 0.15) is 12.2 Å². The summed E-state index contributed by atoms with van der Waals surface area (Å²) in [6.07, 6.45) is 2.08. The fourth-order valence-electron chi connectivity index (χ4n) is 4.04. The lowest BCUT2D eigenvalue weighted by atomic mass is 9.81. The Morgan fingerprint density at radius 1 is 1.40 bits per heavy atom. The van der Waals surface area contributed by atoms with Crippen LogP contribution in [0.1, 0.15) is 41.0 Å². The fraction of sp³-hybridized carbons (Fsp3) is 0.714. The largest absolute Gasteiger partial charge is 0.632 e. The predicted octanol–water partition coefficient (Wildman–Crippen LogP) is 0.971. The summed E-state index contributed by atoms with van der Waals surface area (Å²) in [5.74, 6) is -1.54. The third-order valence-corrected chi connectivity index (χ3v) is 6.26. The number of hydrogen-bond donors (Lipinski definition) is 2. The van der Waals surface area contributed by atoms with E-state index in [4.69, 9.17) is 14.2 Å². The predicted molar refractivity (Wildman–Crippen MR) is 108 cm³/mol. The van der Waals surface area contributed by atoms with Gasteiger partial charge in [-0.1, -0.05) is 6.08 Å². The Morgan fingerprint density at radius 2 is 2.03 bits per heavy atom. The summed E-state index contributed by atoms with van der Waals surface area (Å²) in [7, 11) is 1.31. The van der Waals surface area contributed by atoms with Crippen molar-refractivity contribution in [3.8, 4) is 0 Å². The topological polar surface area (TPSA) is 125 Å². The SMILES string of the molecule is C/C=C(/C)C(=O)O[C@H]1CC[N+]2([O-])CC=C(COC(=O)C(O)(C(C)OC)C(C)(C)O)[C@H]12. The number of methoxy groups -OCH3 is 1. The van der Waals surface area contributed by atoms with Gasteiger partial charge in [-0.15, -0.1) is 0 Å². The summed E-state index contributed by atoms with van der Waals surface area (Å²) < 4.78 is 15.4. The molecule has 3 unspecified atom stereocenters. The first-order valence-corrected chi connectivity index (χ1v) is 10.1. The van der Waals surface area contributed by atoms with Crippen LogP contribution in [0.5, 0.6) is 0 Å². The van der Waals surface area contributed by atoms with Crippen LogP contribution in [0.3, 0.4) is 0 Å². The van der Waals surface area contributed by atoms with E-state index in [0.717, 1.165) is 0 Å². The maximum Gasteiger partial charge on any atom is 0.344 e. The summed E-state index contributed by atoms with van der Waals surface area (Å²) in [5.41, 5.74) is -3.16. The zero-order valence-electron chi connectivity index (χ0n) is 18.5. The van der Waals surface area contributed by atoms with Crippen molar-refractivity contribution < 1.29 is 38.7 Å². The highest BCUT2D eigenvalue weighted by Gasteiger charge is 2.56. The number of hydrogen-bond acceptors (Lipinski definition) is 8. The molecule has 0 aromatic heterocycles. The highest BCUT2D eigenvalue weighted by atomic mass is 16.6. The number of ether oxygens (including phenoxy) is 3. The monoisotopic (exact) mass is 427 g/mol. The van der Waals surface area contributed by atoms with Crippen LogP contribution < -0.4 is 0 Å². The normalized spacial score (nSPS) is 29.6. The Hall–Kier alpha value is -1.78. The van der Waals surface area contributed by atoms with E-state index in [0.29, 0.717) is 24.1 Å². The molecule has 5 atom stereocenters. The summed E-state index contributed by atoms with van der Waals surface area (Å²) >= 11 is 0. The zero-order valence-corrected chi connectivity index (χ0v) is 18.5. The average molecular weight is 427 g/mol. The van der Waals surface area contributed by atoms with Gasteiger partial charge in [-0.3, -0.25) is 0 Å². The molecule has 2 aliphatic rings. The second-order valence-electron chi connectivity index (χ2n) is 8.57. The van der Waals surface area contributed by atoms with Gasteiger partial charge in [0, 0.05) is 24.7 Å². The van der Waals surface area contributed by atoms with Crippen LogP contribution in [0.25, 0.3) is 0 Å². The molecular weight excluding hydrogens is 394 g/mol. The molecule has 30 heavy (non-hydrogen) atoms. The number of hydroxylamine groups is 3. The summed E-state index contributed by atoms with van der Waals surface area (Å²) in [4.78, 5) is 24.9. The third kappa shape index (κ3) is 4.31. The number of quaternary nitrogens is 1. The number of carbonyl (C=O) groups excluding carboxylic acids is 2. The van der Waals surface area contributed by atoms with Gasteiger partial charge < -0.3 is 34.3 Å². The average Bonchev–Trinajstić information content (AvgIpc) is 3.18. The number of carbonyl (C=O) groups is 2. The lowest BCUT2D eigenvalue weighted by Crippen LogP contribution is -2.63. The number of aliphatic hydroxyl groups is 2. The molecule has 0 spiro atoms. The second-order valence-corrected chi connectivity index (χ2v) is 8.57. The Balaban J connectivity index is 2.14. The van der Waals surface area contributed by atoms with Crippen molar-refractivity contribution in [1.29, 1.82) is 0 Å². The fourth-order valence-corrected chi connectivity index (χ4v) is 4.04. The van der Waals surface area contributed by atoms with E-state index in [1.807, 2.05) is 0 Å². The first kappa shape index (κ1) is 24.5. The maximum atomic E-state index is 13.1. The first-order chi connectivity index (χ1) is 13.8. The molecule has 2 N–H and O–H groups in total. The van der Waals surface area contributed by atoms with Crippen LogP contribution in [-0.2, 0) is 23.8 Å². The van der Waals surface area contributed by atoms with Gasteiger partial charge >= 0.3 is 11.9 Å². The lowest BCUT2D eigenvalue weighted by Gasteiger charge is -2.41. The molecule has 9 nitrogen and oxygen atoms in total. The third-order valence-electron chi connectivity index (χ3n) is 6.26. The number of allylic oxidation sites excluding steroid dienone is 1. The highest BCUT2D eigenvalue weighted by Crippen LogP contribution is 2.38. The van der Waals surface area contributed by atoms with E-state index in [-0.39, 0.29) is 13.2 Å². The Kier molecular flexibility index (Phi) is 7.15. The van der Waals surface area contributed by atoms with Gasteiger partial charge in [0.25, 0.3) is 0 Å². The van der Waals surface area contributed by atoms with E-state index < -0.39 is 46.0 Å². The quantitative estimate of drug-likeness (QED) is 0.193. The van der Waals surface area contributed by atoms with E-state index in [2.05, 4.69) is 0 Å². The maximum absolute atomic E-state index is 13.1. The summed E-state index contributed by atoms with van der Waals surface area (Å²) in [6.45, 7) is 7.62. The number of esters is 2. The van der Waals surface area contributed by atoms with E-state index >= 15 is 0 Å². The number of rotatable bonds is 8. The van der Waals surface area contributed by atoms with Crippen LogP contribution in [-0.4, -0.2) is 83.1 Å². The van der Waals surface area contributed by atoms with Crippen molar-refractivity contribution >= 4 is 11.9 Å². The minimum absolute atomic E-state index is 0.193. The number of nitrogens with zero attached hydrogens (tertiary/aromatic N) is 1. The molecule has 1 fully saturated rings. The Labute approximate surface area is 177 Å². The first-order valence-electron chi connectivity index (χ1n) is 10.1. The minimum atomic E-state index is -2.31. The van der Waals surface area contributed by atoms with Crippen molar-refractivity contribution in [2.45, 2.75) is 70.5 Å². The van der Waals surface area contributed by atoms with E-state index in [9.17, 15) is 25.0 Å². The molecule has 2 aliphatic heterocycles. The minimum Gasteiger partial charge on any atom is -0.632 e. The van der Waals surface area contributed by atoms with Gasteiger partial charge in [0.2, 0.25) is 5.60 Å². The van der Waals surface area contributed by atoms with Crippen LogP contribution >= 0.6 is 0 Å². The van der Waals surface area contributed by atoms with Crippen molar-refractivity contribution in [2.75, 3.05) is 26.8 Å². The molecular formula is C21H33NO8. The molecule has 0 saturated carbocycles. The molecule has 0 aromatic rings. The van der Waals surface area contributed by atoms with Crippen molar-refractivity contribution in [3.05, 3.63) is 28.5 Å². The van der Waals surface area contributed by atoms with Crippen LogP contribution in [0.2, 0.25) is 0 Å². The highest BCUT2D eigenvalue weighted by molar-refractivity contribution is 5.87. The van der Waals surface area contributed by atoms with Crippen molar-refractivity contribution in [2.24, 2.45) is 0 Å². The smallest absolute Gasteiger partial charge is 0.344 e. The molecule has 170 valence electrons. The molecule has 0 aromatic carbocycles. The molecule has 2 rings (SSSR count). The standard InChI is InChI=1S/C21H33NO8/c1-7-13(2)18(23)30-16-9-11-22(27)10-8-15(17(16)22)12-29-19(24)21(26,14(3)28-6)20(4,5)25/h7-8,14,16-17,25-26H,9-12H2,1-6H3/b13-7-/t14?,16-,17+,21?,22?/m0/s1. The van der Waals surface area contributed by atoms with Gasteiger partial charge in [-0.05, 0) is 40.7 Å². The van der Waals surface area contributed by atoms with Crippen LogP contribution in [0.15, 0.2) is 23.3 Å². The van der Waals surface area contributed by atoms with Gasteiger partial charge in [-0.2, -0.15) is 0 Å². The molecule has 0 radical (unpaired) electrons. The second kappa shape index (κ2) is 8.76. The van der Waals surface area contributed by atoms with E-state index in [1.165, 1.54) is 27.9 Å². The van der Waals surface area contributed by atoms with Crippen LogP contribution in [0, 0.1) is 5.21 Å². The molecule has 1 saturated heterocycles. The van der Waals surface area contributed by atoms with Gasteiger partial charge in [0.15, 0.2) is 12.1 Å². The molecule has 0 amide bonds. The summed E-state index contributed by atoms with van der Waals surface area (Å²) in [5, 5.41) is 34.3. The number of fused-ring (bicyclic) bond motifs is 1. The van der Waals surface area contributed by atoms with Gasteiger partial charge in [-0.25, -0.2) is 9.59 Å².